The van der Waals surface area contributed by atoms with Crippen LogP contribution in [0.15, 0.2) is 60.7 Å². The summed E-state index contributed by atoms with van der Waals surface area (Å²) >= 11 is 12.3. The molecule has 2 fully saturated rings. The number of ether oxygens (including phenoxy) is 2. The molecular formula is C35H36Cl2N2O5. The first-order valence-electron chi connectivity index (χ1n) is 15.4. The highest BCUT2D eigenvalue weighted by Gasteiger charge is 2.66. The summed E-state index contributed by atoms with van der Waals surface area (Å²) in [6, 6.07) is 19.1. The Morgan fingerprint density at radius 1 is 1.11 bits per heavy atom. The maximum absolute atomic E-state index is 13.7. The SMILES string of the molecule is CC(=O)Oc1ccc2c3c1O[C@H]1[C@H](N(C)C(=O)Cc4ccc(Cl)c(Cl)c4)CC[C@H]4[C@@H](C2)N(CC(O)c2ccccc2)CC[C@@]341. The third kappa shape index (κ3) is 4.80. The predicted molar refractivity (Wildman–Crippen MR) is 168 cm³/mol. The maximum Gasteiger partial charge on any atom is 0.308 e. The number of aliphatic hydroxyl groups is 1. The van der Waals surface area contributed by atoms with E-state index in [1.54, 1.807) is 12.1 Å². The average molecular weight is 636 g/mol. The topological polar surface area (TPSA) is 79.3 Å². The summed E-state index contributed by atoms with van der Waals surface area (Å²) in [6.45, 7) is 2.77. The molecule has 2 heterocycles. The molecule has 2 aliphatic carbocycles. The summed E-state index contributed by atoms with van der Waals surface area (Å²) in [5, 5.41) is 12.1. The van der Waals surface area contributed by atoms with Gasteiger partial charge in [0, 0.05) is 37.5 Å². The van der Waals surface area contributed by atoms with Crippen molar-refractivity contribution < 1.29 is 24.2 Å². The first-order chi connectivity index (χ1) is 21.2. The molecule has 2 aliphatic heterocycles. The second-order valence-corrected chi connectivity index (χ2v) is 13.5. The van der Waals surface area contributed by atoms with Gasteiger partial charge in [-0.05, 0) is 73.0 Å². The van der Waals surface area contributed by atoms with Gasteiger partial charge in [-0.15, -0.1) is 0 Å². The molecule has 6 atom stereocenters. The number of hydrogen-bond acceptors (Lipinski definition) is 6. The Morgan fingerprint density at radius 2 is 1.91 bits per heavy atom. The lowest BCUT2D eigenvalue weighted by Crippen LogP contribution is -2.69. The highest BCUT2D eigenvalue weighted by atomic mass is 35.5. The van der Waals surface area contributed by atoms with Gasteiger partial charge in [-0.3, -0.25) is 14.5 Å². The number of aliphatic hydroxyl groups excluding tert-OH is 1. The van der Waals surface area contributed by atoms with Gasteiger partial charge in [0.2, 0.25) is 5.91 Å². The van der Waals surface area contributed by atoms with E-state index < -0.39 is 12.1 Å². The van der Waals surface area contributed by atoms with Crippen molar-refractivity contribution in [2.75, 3.05) is 20.1 Å². The first kappa shape index (κ1) is 29.6. The first-order valence-corrected chi connectivity index (χ1v) is 16.1. The molecule has 9 heteroatoms. The summed E-state index contributed by atoms with van der Waals surface area (Å²) in [5.41, 5.74) is 3.76. The van der Waals surface area contributed by atoms with Crippen LogP contribution in [0.5, 0.6) is 11.5 Å². The highest BCUT2D eigenvalue weighted by molar-refractivity contribution is 6.42. The van der Waals surface area contributed by atoms with Gasteiger partial charge in [0.25, 0.3) is 0 Å². The van der Waals surface area contributed by atoms with Gasteiger partial charge < -0.3 is 19.5 Å². The minimum Gasteiger partial charge on any atom is -0.483 e. The zero-order valence-electron chi connectivity index (χ0n) is 24.8. The third-order valence-corrected chi connectivity index (χ3v) is 11.2. The van der Waals surface area contributed by atoms with Crippen LogP contribution >= 0.6 is 23.2 Å². The van der Waals surface area contributed by atoms with E-state index >= 15 is 0 Å². The van der Waals surface area contributed by atoms with Crippen LogP contribution in [0.2, 0.25) is 10.0 Å². The van der Waals surface area contributed by atoms with Crippen molar-refractivity contribution in [3.05, 3.63) is 93.0 Å². The van der Waals surface area contributed by atoms with Crippen LogP contribution in [0.4, 0.5) is 0 Å². The van der Waals surface area contributed by atoms with E-state index in [2.05, 4.69) is 11.0 Å². The van der Waals surface area contributed by atoms with Crippen molar-refractivity contribution >= 4 is 35.1 Å². The number of likely N-dealkylation sites (N-methyl/N-ethyl adjacent to an activating group) is 1. The smallest absolute Gasteiger partial charge is 0.308 e. The molecule has 0 radical (unpaired) electrons. The number of carbonyl (C=O) groups is 2. The Balaban J connectivity index is 1.22. The fraction of sp³-hybridized carbons (Fsp3) is 0.429. The fourth-order valence-electron chi connectivity index (χ4n) is 8.58. The number of β-amino-alcohol motifs (C(OH)–C–C–N with tert-alkyl or cyclic N) is 1. The minimum atomic E-state index is -0.578. The number of hydrogen-bond donors (Lipinski definition) is 1. The summed E-state index contributed by atoms with van der Waals surface area (Å²) in [5.74, 6) is 0.973. The van der Waals surface area contributed by atoms with Gasteiger partial charge in [0.15, 0.2) is 11.5 Å². The molecule has 1 saturated carbocycles. The van der Waals surface area contributed by atoms with Crippen molar-refractivity contribution in [3.63, 3.8) is 0 Å². The molecule has 1 unspecified atom stereocenters. The lowest BCUT2D eigenvalue weighted by Gasteiger charge is -2.60. The number of benzene rings is 3. The van der Waals surface area contributed by atoms with Crippen molar-refractivity contribution in [2.24, 2.45) is 5.92 Å². The average Bonchev–Trinajstić information content (AvgIpc) is 3.36. The van der Waals surface area contributed by atoms with Crippen molar-refractivity contribution in [3.8, 4) is 11.5 Å². The van der Waals surface area contributed by atoms with Crippen LogP contribution in [0, 0.1) is 5.92 Å². The van der Waals surface area contributed by atoms with E-state index in [0.717, 1.165) is 48.9 Å². The van der Waals surface area contributed by atoms with Crippen LogP contribution in [-0.4, -0.2) is 65.1 Å². The van der Waals surface area contributed by atoms with Crippen LogP contribution in [-0.2, 0) is 27.8 Å². The molecular weight excluding hydrogens is 599 g/mol. The van der Waals surface area contributed by atoms with Crippen molar-refractivity contribution in [2.45, 2.75) is 68.7 Å². The zero-order chi connectivity index (χ0) is 30.7. The number of likely N-dealkylation sites (tertiary alicyclic amines) is 1. The molecule has 1 saturated heterocycles. The van der Waals surface area contributed by atoms with E-state index in [4.69, 9.17) is 32.7 Å². The van der Waals surface area contributed by atoms with E-state index in [9.17, 15) is 14.7 Å². The Bertz CT molecular complexity index is 1620. The zero-order valence-corrected chi connectivity index (χ0v) is 26.4. The minimum absolute atomic E-state index is 0.0148. The summed E-state index contributed by atoms with van der Waals surface area (Å²) in [7, 11) is 1.87. The Hall–Kier alpha value is -3.10. The molecule has 1 N–H and O–H groups in total. The second kappa shape index (κ2) is 11.4. The Labute approximate surface area is 267 Å². The van der Waals surface area contributed by atoms with Crippen molar-refractivity contribution in [1.29, 1.82) is 0 Å². The fourth-order valence-corrected chi connectivity index (χ4v) is 8.90. The summed E-state index contributed by atoms with van der Waals surface area (Å²) in [6.07, 6.45) is 2.73. The largest absolute Gasteiger partial charge is 0.483 e. The maximum atomic E-state index is 13.7. The number of rotatable bonds is 7. The van der Waals surface area contributed by atoms with Crippen molar-refractivity contribution in [1.82, 2.24) is 9.80 Å². The molecule has 2 bridgehead atoms. The van der Waals surface area contributed by atoms with E-state index in [1.165, 1.54) is 12.5 Å². The van der Waals surface area contributed by atoms with Gasteiger partial charge in [0.05, 0.1) is 28.6 Å². The van der Waals surface area contributed by atoms with Gasteiger partial charge >= 0.3 is 5.97 Å². The molecule has 1 amide bonds. The normalized spacial score (nSPS) is 27.2. The quantitative estimate of drug-likeness (QED) is 0.263. The molecule has 3 aromatic rings. The van der Waals surface area contributed by atoms with E-state index in [-0.39, 0.29) is 41.8 Å². The number of carbonyl (C=O) groups excluding carboxylic acids is 2. The van der Waals surface area contributed by atoms with Gasteiger partial charge in [0.1, 0.15) is 6.10 Å². The van der Waals surface area contributed by atoms with Gasteiger partial charge in [-0.2, -0.15) is 0 Å². The van der Waals surface area contributed by atoms with Crippen LogP contribution < -0.4 is 9.47 Å². The molecule has 44 heavy (non-hydrogen) atoms. The number of amides is 1. The lowest BCUT2D eigenvalue weighted by atomic mass is 9.51. The van der Waals surface area contributed by atoms with Crippen LogP contribution in [0.1, 0.15) is 54.5 Å². The Morgan fingerprint density at radius 3 is 2.66 bits per heavy atom. The van der Waals surface area contributed by atoms with Gasteiger partial charge in [-0.25, -0.2) is 0 Å². The van der Waals surface area contributed by atoms with Gasteiger partial charge in [-0.1, -0.05) is 65.7 Å². The molecule has 7 rings (SSSR count). The lowest BCUT2D eigenvalue weighted by molar-refractivity contribution is -0.140. The molecule has 0 aromatic heterocycles. The predicted octanol–water partition coefficient (Wildman–Crippen LogP) is 5.76. The molecule has 3 aromatic carbocycles. The number of nitrogens with zero attached hydrogens (tertiary/aromatic N) is 2. The summed E-state index contributed by atoms with van der Waals surface area (Å²) in [4.78, 5) is 30.1. The molecule has 230 valence electrons. The Kier molecular flexibility index (Phi) is 7.64. The number of esters is 1. The van der Waals surface area contributed by atoms with E-state index in [0.29, 0.717) is 28.1 Å². The standard InChI is InChI=1S/C35H36Cl2N2O5/c1-20(40)43-30-13-9-23-18-28-24-10-12-27(38(2)31(42)17-21-8-11-25(36)26(37)16-21)34-35(24,32(23)33(30)44-34)14-15-39(28)19-29(41)22-6-4-3-5-7-22/h3-9,11,13,16,24,27-29,34,41H,10,12,14-15,17-19H2,1-2H3/t24-,27+,28+,29?,34-,35-/m0/s1. The monoisotopic (exact) mass is 634 g/mol. The van der Waals surface area contributed by atoms with E-state index in [1.807, 2.05) is 54.4 Å². The van der Waals surface area contributed by atoms with Crippen LogP contribution in [0.25, 0.3) is 0 Å². The second-order valence-electron chi connectivity index (χ2n) is 12.7. The number of piperidine rings is 1. The third-order valence-electron chi connectivity index (χ3n) is 10.5. The highest BCUT2D eigenvalue weighted by Crippen LogP contribution is 2.64. The molecule has 1 spiro atoms. The van der Waals surface area contributed by atoms with Crippen LogP contribution in [0.3, 0.4) is 0 Å². The molecule has 7 nitrogen and oxygen atoms in total. The summed E-state index contributed by atoms with van der Waals surface area (Å²) < 4.78 is 12.6. The molecule has 4 aliphatic rings. The number of halogens is 2.